The Morgan fingerprint density at radius 3 is 2.56 bits per heavy atom. The molecule has 1 rings (SSSR count). The first-order valence-electron chi connectivity index (χ1n) is 6.01. The molecule has 18 heavy (non-hydrogen) atoms. The summed E-state index contributed by atoms with van der Waals surface area (Å²) in [6.45, 7) is 5.56. The minimum Gasteiger partial charge on any atom is -0.394 e. The quantitative estimate of drug-likeness (QED) is 0.596. The molecular formula is C11H20N4O3. The molecule has 0 saturated carbocycles. The Morgan fingerprint density at radius 2 is 2.17 bits per heavy atom. The van der Waals surface area contributed by atoms with Crippen molar-refractivity contribution in [3.8, 4) is 0 Å². The first-order valence-corrected chi connectivity index (χ1v) is 6.01. The molecule has 1 atom stereocenters. The second kappa shape index (κ2) is 5.81. The maximum absolute atomic E-state index is 11.2. The SMILES string of the molecule is CCC(CO)Nc1c([N+](=O)[O-])c(C(C)C)nn1C. The van der Waals surface area contributed by atoms with Crippen molar-refractivity contribution in [2.45, 2.75) is 39.2 Å². The van der Waals surface area contributed by atoms with E-state index in [-0.39, 0.29) is 24.3 Å². The van der Waals surface area contributed by atoms with Crippen LogP contribution >= 0.6 is 0 Å². The van der Waals surface area contributed by atoms with Crippen molar-refractivity contribution >= 4 is 11.5 Å². The van der Waals surface area contributed by atoms with Crippen molar-refractivity contribution in [1.82, 2.24) is 9.78 Å². The molecule has 0 aromatic carbocycles. The van der Waals surface area contributed by atoms with Gasteiger partial charge in [-0.3, -0.25) is 10.1 Å². The van der Waals surface area contributed by atoms with Crippen LogP contribution in [0.2, 0.25) is 0 Å². The Balaban J connectivity index is 3.21. The number of aromatic nitrogens is 2. The first kappa shape index (κ1) is 14.4. The molecule has 0 spiro atoms. The fourth-order valence-electron chi connectivity index (χ4n) is 1.73. The minimum atomic E-state index is -0.422. The van der Waals surface area contributed by atoms with Gasteiger partial charge in [-0.1, -0.05) is 20.8 Å². The van der Waals surface area contributed by atoms with Gasteiger partial charge in [0.1, 0.15) is 5.69 Å². The Bertz CT molecular complexity index is 424. The van der Waals surface area contributed by atoms with Crippen molar-refractivity contribution in [3.05, 3.63) is 15.8 Å². The van der Waals surface area contributed by atoms with Crippen molar-refractivity contribution in [1.29, 1.82) is 0 Å². The minimum absolute atomic E-state index is 0.000556. The molecule has 0 saturated heterocycles. The van der Waals surface area contributed by atoms with Crippen LogP contribution in [0.4, 0.5) is 11.5 Å². The zero-order chi connectivity index (χ0) is 13.9. The van der Waals surface area contributed by atoms with E-state index in [9.17, 15) is 10.1 Å². The molecule has 102 valence electrons. The lowest BCUT2D eigenvalue weighted by Crippen LogP contribution is -2.24. The van der Waals surface area contributed by atoms with Crippen LogP contribution in [0.15, 0.2) is 0 Å². The van der Waals surface area contributed by atoms with Gasteiger partial charge in [0.15, 0.2) is 0 Å². The van der Waals surface area contributed by atoms with E-state index in [1.807, 2.05) is 20.8 Å². The highest BCUT2D eigenvalue weighted by molar-refractivity contribution is 5.61. The number of hydrogen-bond donors (Lipinski definition) is 2. The number of nitro groups is 1. The third-order valence-corrected chi connectivity index (χ3v) is 2.83. The fourth-order valence-corrected chi connectivity index (χ4v) is 1.73. The zero-order valence-electron chi connectivity index (χ0n) is 11.2. The number of nitrogens with one attached hydrogen (secondary N) is 1. The van der Waals surface area contributed by atoms with E-state index < -0.39 is 4.92 Å². The topological polar surface area (TPSA) is 93.2 Å². The highest BCUT2D eigenvalue weighted by atomic mass is 16.6. The third-order valence-electron chi connectivity index (χ3n) is 2.83. The average molecular weight is 256 g/mol. The molecule has 1 unspecified atom stereocenters. The number of aliphatic hydroxyl groups is 1. The Kier molecular flexibility index (Phi) is 4.66. The van der Waals surface area contributed by atoms with E-state index in [0.29, 0.717) is 17.9 Å². The van der Waals surface area contributed by atoms with Crippen LogP contribution in [-0.4, -0.2) is 32.5 Å². The van der Waals surface area contributed by atoms with Crippen LogP contribution in [0.25, 0.3) is 0 Å². The Labute approximate surface area is 106 Å². The zero-order valence-corrected chi connectivity index (χ0v) is 11.2. The predicted octanol–water partition coefficient (Wildman–Crippen LogP) is 1.63. The summed E-state index contributed by atoms with van der Waals surface area (Å²) in [5, 5.41) is 27.5. The van der Waals surface area contributed by atoms with Crippen LogP contribution < -0.4 is 5.32 Å². The summed E-state index contributed by atoms with van der Waals surface area (Å²) >= 11 is 0. The van der Waals surface area contributed by atoms with Crippen LogP contribution in [0.3, 0.4) is 0 Å². The number of aliphatic hydroxyl groups excluding tert-OH is 1. The fraction of sp³-hybridized carbons (Fsp3) is 0.727. The summed E-state index contributed by atoms with van der Waals surface area (Å²) in [4.78, 5) is 10.7. The molecule has 1 aromatic rings. The lowest BCUT2D eigenvalue weighted by molar-refractivity contribution is -0.384. The second-order valence-electron chi connectivity index (χ2n) is 4.55. The highest BCUT2D eigenvalue weighted by Gasteiger charge is 2.29. The van der Waals surface area contributed by atoms with Gasteiger partial charge >= 0.3 is 5.69 Å². The van der Waals surface area contributed by atoms with Gasteiger partial charge in [-0.2, -0.15) is 5.10 Å². The molecule has 0 amide bonds. The van der Waals surface area contributed by atoms with Gasteiger partial charge in [0.2, 0.25) is 5.82 Å². The normalized spacial score (nSPS) is 12.8. The molecule has 0 aliphatic heterocycles. The van der Waals surface area contributed by atoms with Crippen molar-refractivity contribution in [2.24, 2.45) is 7.05 Å². The molecule has 0 radical (unpaired) electrons. The summed E-state index contributed by atoms with van der Waals surface area (Å²) in [7, 11) is 1.66. The van der Waals surface area contributed by atoms with E-state index in [4.69, 9.17) is 5.11 Å². The number of aryl methyl sites for hydroxylation is 1. The number of anilines is 1. The summed E-state index contributed by atoms with van der Waals surface area (Å²) in [6, 6.07) is -0.209. The van der Waals surface area contributed by atoms with E-state index in [2.05, 4.69) is 10.4 Å². The van der Waals surface area contributed by atoms with Crippen LogP contribution in [-0.2, 0) is 7.05 Å². The van der Waals surface area contributed by atoms with E-state index in [1.165, 1.54) is 4.68 Å². The Hall–Kier alpha value is -1.63. The van der Waals surface area contributed by atoms with Crippen LogP contribution in [0, 0.1) is 10.1 Å². The van der Waals surface area contributed by atoms with Crippen LogP contribution in [0.1, 0.15) is 38.8 Å². The summed E-state index contributed by atoms with van der Waals surface area (Å²) in [5.74, 6) is 0.325. The Morgan fingerprint density at radius 1 is 1.56 bits per heavy atom. The van der Waals surface area contributed by atoms with E-state index in [0.717, 1.165) is 0 Å². The molecule has 7 heteroatoms. The number of hydrogen-bond acceptors (Lipinski definition) is 5. The van der Waals surface area contributed by atoms with Gasteiger partial charge in [-0.05, 0) is 6.42 Å². The van der Waals surface area contributed by atoms with Gasteiger partial charge in [0.25, 0.3) is 0 Å². The molecule has 1 aromatic heterocycles. The molecule has 1 heterocycles. The average Bonchev–Trinajstić information content (AvgIpc) is 2.63. The molecule has 2 N–H and O–H groups in total. The highest BCUT2D eigenvalue weighted by Crippen LogP contribution is 2.33. The summed E-state index contributed by atoms with van der Waals surface area (Å²) < 4.78 is 1.46. The number of rotatable bonds is 6. The summed E-state index contributed by atoms with van der Waals surface area (Å²) in [5.41, 5.74) is 0.456. The second-order valence-corrected chi connectivity index (χ2v) is 4.55. The van der Waals surface area contributed by atoms with Gasteiger partial charge < -0.3 is 10.4 Å². The largest absolute Gasteiger partial charge is 0.394 e. The standard InChI is InChI=1S/C11H20N4O3/c1-5-8(6-16)12-11-10(15(17)18)9(7(2)3)13-14(11)4/h7-8,12,16H,5-6H2,1-4H3. The predicted molar refractivity (Wildman–Crippen MR) is 68.7 cm³/mol. The maximum atomic E-state index is 11.2. The maximum Gasteiger partial charge on any atom is 0.334 e. The van der Waals surface area contributed by atoms with Gasteiger partial charge in [0.05, 0.1) is 17.6 Å². The van der Waals surface area contributed by atoms with E-state index >= 15 is 0 Å². The molecule has 0 bridgehead atoms. The van der Waals surface area contributed by atoms with Crippen molar-refractivity contribution in [2.75, 3.05) is 11.9 Å². The van der Waals surface area contributed by atoms with Crippen molar-refractivity contribution < 1.29 is 10.0 Å². The monoisotopic (exact) mass is 256 g/mol. The van der Waals surface area contributed by atoms with Crippen LogP contribution in [0.5, 0.6) is 0 Å². The smallest absolute Gasteiger partial charge is 0.334 e. The van der Waals surface area contributed by atoms with Gasteiger partial charge in [-0.15, -0.1) is 0 Å². The lowest BCUT2D eigenvalue weighted by atomic mass is 10.1. The first-order chi connectivity index (χ1) is 8.42. The molecule has 0 aliphatic rings. The molecule has 0 aliphatic carbocycles. The van der Waals surface area contributed by atoms with Gasteiger partial charge in [0, 0.05) is 13.0 Å². The number of nitrogens with zero attached hydrogens (tertiary/aromatic N) is 3. The van der Waals surface area contributed by atoms with Gasteiger partial charge in [-0.25, -0.2) is 4.68 Å². The molecule has 7 nitrogen and oxygen atoms in total. The van der Waals surface area contributed by atoms with E-state index in [1.54, 1.807) is 7.05 Å². The molecular weight excluding hydrogens is 236 g/mol. The molecule has 0 fully saturated rings. The van der Waals surface area contributed by atoms with Crippen molar-refractivity contribution in [3.63, 3.8) is 0 Å². The lowest BCUT2D eigenvalue weighted by Gasteiger charge is -2.14. The summed E-state index contributed by atoms with van der Waals surface area (Å²) in [6.07, 6.45) is 0.676. The third kappa shape index (κ3) is 2.79.